The van der Waals surface area contributed by atoms with Crippen molar-refractivity contribution in [2.45, 2.75) is 31.3 Å². The van der Waals surface area contributed by atoms with Crippen LogP contribution in [-0.2, 0) is 14.8 Å². The Morgan fingerprint density at radius 3 is 3.00 bits per heavy atom. The van der Waals surface area contributed by atoms with E-state index in [4.69, 9.17) is 9.15 Å². The predicted molar refractivity (Wildman–Crippen MR) is 80.1 cm³/mol. The van der Waals surface area contributed by atoms with Crippen LogP contribution in [0.5, 0.6) is 0 Å². The van der Waals surface area contributed by atoms with Crippen LogP contribution in [0.25, 0.3) is 0 Å². The van der Waals surface area contributed by atoms with Crippen molar-refractivity contribution in [3.63, 3.8) is 0 Å². The Kier molecular flexibility index (Phi) is 5.98. The lowest BCUT2D eigenvalue weighted by molar-refractivity contribution is 0.0484. The molecule has 0 spiro atoms. The van der Waals surface area contributed by atoms with Crippen molar-refractivity contribution >= 4 is 16.0 Å². The summed E-state index contributed by atoms with van der Waals surface area (Å²) >= 11 is 0. The zero-order valence-electron chi connectivity index (χ0n) is 12.6. The average Bonchev–Trinajstić information content (AvgIpc) is 2.99. The number of carbonyl (C=O) groups is 1. The summed E-state index contributed by atoms with van der Waals surface area (Å²) in [6.07, 6.45) is 3.01. The molecule has 1 saturated heterocycles. The summed E-state index contributed by atoms with van der Waals surface area (Å²) < 4.78 is 36.5. The lowest BCUT2D eigenvalue weighted by Crippen LogP contribution is -2.33. The number of ether oxygens (including phenoxy) is 1. The fraction of sp³-hybridized carbons (Fsp3) is 0.643. The van der Waals surface area contributed by atoms with Crippen LogP contribution < -0.4 is 10.0 Å². The van der Waals surface area contributed by atoms with Crippen LogP contribution in [0.3, 0.4) is 0 Å². The van der Waals surface area contributed by atoms with Gasteiger partial charge in [0.25, 0.3) is 10.0 Å². The number of rotatable bonds is 7. The van der Waals surface area contributed by atoms with Gasteiger partial charge in [0.1, 0.15) is 0 Å². The smallest absolute Gasteiger partial charge is 0.374 e. The van der Waals surface area contributed by atoms with E-state index in [9.17, 15) is 13.2 Å². The molecule has 2 N–H and O–H groups in total. The van der Waals surface area contributed by atoms with Gasteiger partial charge in [0.15, 0.2) is 0 Å². The summed E-state index contributed by atoms with van der Waals surface area (Å²) in [5.41, 5.74) is 0. The van der Waals surface area contributed by atoms with Crippen molar-refractivity contribution in [3.8, 4) is 0 Å². The molecule has 1 aliphatic rings. The van der Waals surface area contributed by atoms with Crippen molar-refractivity contribution < 1.29 is 22.4 Å². The van der Waals surface area contributed by atoms with E-state index < -0.39 is 16.0 Å². The number of furan rings is 1. The van der Waals surface area contributed by atoms with E-state index in [0.29, 0.717) is 12.5 Å². The van der Waals surface area contributed by atoms with Crippen LogP contribution >= 0.6 is 0 Å². The van der Waals surface area contributed by atoms with Gasteiger partial charge < -0.3 is 14.5 Å². The maximum absolute atomic E-state index is 12.1. The van der Waals surface area contributed by atoms with Gasteiger partial charge in [-0.1, -0.05) is 0 Å². The minimum Gasteiger partial charge on any atom is -0.460 e. The van der Waals surface area contributed by atoms with Crippen LogP contribution in [0.2, 0.25) is 0 Å². The molecule has 1 atom stereocenters. The standard InChI is InChI=1S/C14H22N2O5S/c1-2-20-14(17)12-5-6-13(21-12)22(18,19)16-9-7-11-4-3-8-15-10-11/h5-6,11,15-16H,2-4,7-10H2,1H3. The number of hydrogen-bond acceptors (Lipinski definition) is 6. The minimum absolute atomic E-state index is 0.112. The van der Waals surface area contributed by atoms with Gasteiger partial charge >= 0.3 is 5.97 Å². The summed E-state index contributed by atoms with van der Waals surface area (Å²) in [4.78, 5) is 11.5. The Morgan fingerprint density at radius 1 is 1.50 bits per heavy atom. The molecule has 1 aromatic rings. The second-order valence-corrected chi connectivity index (χ2v) is 6.94. The molecule has 0 radical (unpaired) electrons. The molecule has 1 aliphatic heterocycles. The van der Waals surface area contributed by atoms with Gasteiger partial charge in [-0.25, -0.2) is 17.9 Å². The van der Waals surface area contributed by atoms with E-state index >= 15 is 0 Å². The molecule has 1 fully saturated rings. The fourth-order valence-corrected chi connectivity index (χ4v) is 3.39. The van der Waals surface area contributed by atoms with Gasteiger partial charge in [0.2, 0.25) is 10.9 Å². The van der Waals surface area contributed by atoms with E-state index in [1.807, 2.05) is 0 Å². The van der Waals surface area contributed by atoms with Crippen LogP contribution in [0.15, 0.2) is 21.6 Å². The third-order valence-corrected chi connectivity index (χ3v) is 4.90. The maximum atomic E-state index is 12.1. The van der Waals surface area contributed by atoms with Gasteiger partial charge in [-0.15, -0.1) is 0 Å². The molecule has 0 saturated carbocycles. The molecule has 0 aromatic carbocycles. The highest BCUT2D eigenvalue weighted by Gasteiger charge is 2.22. The van der Waals surface area contributed by atoms with E-state index in [0.717, 1.165) is 32.4 Å². The lowest BCUT2D eigenvalue weighted by atomic mass is 9.96. The van der Waals surface area contributed by atoms with E-state index in [1.54, 1.807) is 6.92 Å². The molecule has 8 heteroatoms. The Labute approximate surface area is 130 Å². The Morgan fingerprint density at radius 2 is 2.32 bits per heavy atom. The van der Waals surface area contributed by atoms with Gasteiger partial charge in [-0.3, -0.25) is 0 Å². The van der Waals surface area contributed by atoms with Gasteiger partial charge in [0, 0.05) is 6.54 Å². The van der Waals surface area contributed by atoms with Crippen LogP contribution in [0.1, 0.15) is 36.7 Å². The van der Waals surface area contributed by atoms with Crippen molar-refractivity contribution in [1.82, 2.24) is 10.0 Å². The Balaban J connectivity index is 1.88. The quantitative estimate of drug-likeness (QED) is 0.727. The van der Waals surface area contributed by atoms with Crippen molar-refractivity contribution in [1.29, 1.82) is 0 Å². The zero-order chi connectivity index (χ0) is 16.0. The largest absolute Gasteiger partial charge is 0.460 e. The molecule has 7 nitrogen and oxygen atoms in total. The normalized spacial score (nSPS) is 19.0. The summed E-state index contributed by atoms with van der Waals surface area (Å²) in [7, 11) is -3.73. The number of hydrogen-bond donors (Lipinski definition) is 2. The SMILES string of the molecule is CCOC(=O)c1ccc(S(=O)(=O)NCCC2CCCNC2)o1. The second kappa shape index (κ2) is 7.75. The molecule has 1 unspecified atom stereocenters. The third-order valence-electron chi connectivity index (χ3n) is 3.57. The first-order valence-corrected chi connectivity index (χ1v) is 8.98. The first-order chi connectivity index (χ1) is 10.5. The lowest BCUT2D eigenvalue weighted by Gasteiger charge is -2.22. The molecule has 2 heterocycles. The van der Waals surface area contributed by atoms with Crippen LogP contribution in [0.4, 0.5) is 0 Å². The zero-order valence-corrected chi connectivity index (χ0v) is 13.4. The molecule has 22 heavy (non-hydrogen) atoms. The minimum atomic E-state index is -3.73. The molecular formula is C14H22N2O5S. The van der Waals surface area contributed by atoms with Crippen LogP contribution in [-0.4, -0.2) is 40.6 Å². The number of nitrogens with one attached hydrogen (secondary N) is 2. The van der Waals surface area contributed by atoms with Crippen molar-refractivity contribution in [2.24, 2.45) is 5.92 Å². The third kappa shape index (κ3) is 4.56. The molecule has 1 aromatic heterocycles. The Bertz CT molecular complexity index is 590. The van der Waals surface area contributed by atoms with Gasteiger partial charge in [-0.2, -0.15) is 0 Å². The van der Waals surface area contributed by atoms with E-state index in [-0.39, 0.29) is 17.5 Å². The summed E-state index contributed by atoms with van der Waals surface area (Å²) in [6.45, 7) is 4.18. The van der Waals surface area contributed by atoms with E-state index in [2.05, 4.69) is 10.0 Å². The fourth-order valence-electron chi connectivity index (χ4n) is 2.42. The first-order valence-electron chi connectivity index (χ1n) is 7.50. The topological polar surface area (TPSA) is 97.6 Å². The van der Waals surface area contributed by atoms with Crippen LogP contribution in [0, 0.1) is 5.92 Å². The molecule has 2 rings (SSSR count). The predicted octanol–water partition coefficient (Wildman–Crippen LogP) is 1.12. The van der Waals surface area contributed by atoms with Gasteiger partial charge in [-0.05, 0) is 57.3 Å². The number of carbonyl (C=O) groups excluding carboxylic acids is 1. The highest BCUT2D eigenvalue weighted by atomic mass is 32.2. The monoisotopic (exact) mass is 330 g/mol. The van der Waals surface area contributed by atoms with E-state index in [1.165, 1.54) is 12.1 Å². The highest BCUT2D eigenvalue weighted by Crippen LogP contribution is 2.16. The summed E-state index contributed by atoms with van der Waals surface area (Å²) in [5.74, 6) is -0.293. The van der Waals surface area contributed by atoms with Gasteiger partial charge in [0.05, 0.1) is 6.61 Å². The molecule has 124 valence electrons. The van der Waals surface area contributed by atoms with Crippen molar-refractivity contribution in [2.75, 3.05) is 26.2 Å². The maximum Gasteiger partial charge on any atom is 0.374 e. The number of esters is 1. The molecule has 0 amide bonds. The molecule has 0 aliphatic carbocycles. The molecule has 0 bridgehead atoms. The van der Waals surface area contributed by atoms with Crippen molar-refractivity contribution in [3.05, 3.63) is 17.9 Å². The first kappa shape index (κ1) is 17.0. The number of piperidine rings is 1. The Hall–Kier alpha value is -1.38. The number of sulfonamides is 1. The summed E-state index contributed by atoms with van der Waals surface area (Å²) in [5, 5.41) is 3.03. The average molecular weight is 330 g/mol. The molecular weight excluding hydrogens is 308 g/mol. The summed E-state index contributed by atoms with van der Waals surface area (Å²) in [6, 6.07) is 2.56. The second-order valence-electron chi connectivity index (χ2n) is 5.24. The highest BCUT2D eigenvalue weighted by molar-refractivity contribution is 7.89.